The predicted octanol–water partition coefficient (Wildman–Crippen LogP) is 3.24. The van der Waals surface area contributed by atoms with Gasteiger partial charge in [-0.15, -0.1) is 0 Å². The fourth-order valence-corrected chi connectivity index (χ4v) is 3.26. The van der Waals surface area contributed by atoms with Gasteiger partial charge < -0.3 is 15.4 Å². The van der Waals surface area contributed by atoms with Gasteiger partial charge >= 0.3 is 6.09 Å². The van der Waals surface area contributed by atoms with Gasteiger partial charge in [-0.05, 0) is 17.7 Å². The monoisotopic (exact) mass is 424 g/mol. The molecule has 1 heterocycles. The smallest absolute Gasteiger partial charge is 0.408 e. The van der Waals surface area contributed by atoms with E-state index in [9.17, 15) is 18.4 Å². The first-order valence-corrected chi connectivity index (χ1v) is 8.64. The summed E-state index contributed by atoms with van der Waals surface area (Å²) in [6.45, 7) is 0.0324. The van der Waals surface area contributed by atoms with E-state index >= 15 is 0 Å². The first-order valence-electron chi connectivity index (χ1n) is 7.85. The average Bonchev–Trinajstić information content (AvgIpc) is 2.94. The van der Waals surface area contributed by atoms with E-state index in [2.05, 4.69) is 26.6 Å². The zero-order valence-electron chi connectivity index (χ0n) is 13.5. The van der Waals surface area contributed by atoms with Crippen molar-refractivity contribution >= 4 is 27.9 Å². The Morgan fingerprint density at radius 1 is 1.23 bits per heavy atom. The fraction of sp³-hybridized carbons (Fsp3) is 0.222. The van der Waals surface area contributed by atoms with Crippen molar-refractivity contribution in [1.82, 2.24) is 10.6 Å². The van der Waals surface area contributed by atoms with Gasteiger partial charge in [-0.2, -0.15) is 0 Å². The summed E-state index contributed by atoms with van der Waals surface area (Å²) in [6, 6.07) is 10.1. The first-order chi connectivity index (χ1) is 12.5. The van der Waals surface area contributed by atoms with E-state index in [1.54, 1.807) is 24.3 Å². The molecule has 2 N–H and O–H groups in total. The highest BCUT2D eigenvalue weighted by atomic mass is 79.9. The molecular formula is C18H15BrF2N2O3. The molecule has 2 atom stereocenters. The standard InChI is InChI=1S/C18H15BrF2N2O3/c19-11-6-13(20)15(14(21)7-11)12-8-22-17(24)16(12)23-18(25)26-9-10-4-2-1-3-5-10/h1-7,12,16H,8-9H2,(H,22,24)(H,23,25)/t12-,16-/m0/s1. The Hall–Kier alpha value is -2.48. The SMILES string of the molecule is O=C(N[C@@H]1C(=O)NC[C@H]1c1c(F)cc(Br)cc1F)OCc1ccccc1. The van der Waals surface area contributed by atoms with Crippen molar-refractivity contribution in [3.63, 3.8) is 0 Å². The van der Waals surface area contributed by atoms with Crippen molar-refractivity contribution in [3.8, 4) is 0 Å². The third-order valence-electron chi connectivity index (χ3n) is 4.08. The summed E-state index contributed by atoms with van der Waals surface area (Å²) in [5.41, 5.74) is 0.528. The van der Waals surface area contributed by atoms with Gasteiger partial charge in [-0.1, -0.05) is 46.3 Å². The molecule has 2 aromatic carbocycles. The molecule has 136 valence electrons. The van der Waals surface area contributed by atoms with Gasteiger partial charge in [-0.25, -0.2) is 13.6 Å². The van der Waals surface area contributed by atoms with E-state index in [-0.39, 0.29) is 23.2 Å². The Bertz CT molecular complexity index is 809. The van der Waals surface area contributed by atoms with Gasteiger partial charge in [0.15, 0.2) is 0 Å². The van der Waals surface area contributed by atoms with Crippen LogP contribution in [-0.2, 0) is 16.1 Å². The molecule has 0 saturated carbocycles. The molecule has 0 bridgehead atoms. The highest BCUT2D eigenvalue weighted by molar-refractivity contribution is 9.10. The van der Waals surface area contributed by atoms with E-state index in [1.807, 2.05) is 6.07 Å². The van der Waals surface area contributed by atoms with Gasteiger partial charge in [0.25, 0.3) is 0 Å². The highest BCUT2D eigenvalue weighted by Gasteiger charge is 2.40. The van der Waals surface area contributed by atoms with Gasteiger partial charge in [0.1, 0.15) is 24.3 Å². The van der Waals surface area contributed by atoms with Crippen LogP contribution in [0.15, 0.2) is 46.9 Å². The number of nitrogens with one attached hydrogen (secondary N) is 2. The second kappa shape index (κ2) is 7.82. The van der Waals surface area contributed by atoms with Crippen LogP contribution in [0.3, 0.4) is 0 Å². The van der Waals surface area contributed by atoms with E-state index in [1.165, 1.54) is 0 Å². The van der Waals surface area contributed by atoms with Crippen LogP contribution >= 0.6 is 15.9 Å². The number of amides is 2. The maximum absolute atomic E-state index is 14.2. The maximum Gasteiger partial charge on any atom is 0.408 e. The molecule has 1 aliphatic heterocycles. The van der Waals surface area contributed by atoms with Gasteiger partial charge in [-0.3, -0.25) is 4.79 Å². The zero-order valence-corrected chi connectivity index (χ0v) is 15.1. The Balaban J connectivity index is 1.71. The second-order valence-electron chi connectivity index (χ2n) is 5.82. The summed E-state index contributed by atoms with van der Waals surface area (Å²) in [5, 5.41) is 4.91. The summed E-state index contributed by atoms with van der Waals surface area (Å²) in [5.74, 6) is -2.97. The summed E-state index contributed by atoms with van der Waals surface area (Å²) >= 11 is 3.01. The summed E-state index contributed by atoms with van der Waals surface area (Å²) in [6.07, 6.45) is -0.834. The van der Waals surface area contributed by atoms with Crippen molar-refractivity contribution < 1.29 is 23.1 Å². The Morgan fingerprint density at radius 2 is 1.88 bits per heavy atom. The molecule has 5 nitrogen and oxygen atoms in total. The number of rotatable bonds is 4. The van der Waals surface area contributed by atoms with Crippen LogP contribution < -0.4 is 10.6 Å². The Kier molecular flexibility index (Phi) is 5.51. The molecule has 2 aromatic rings. The molecule has 0 aliphatic carbocycles. The maximum atomic E-state index is 14.2. The van der Waals surface area contributed by atoms with E-state index in [0.29, 0.717) is 0 Å². The molecule has 3 rings (SSSR count). The van der Waals surface area contributed by atoms with Gasteiger partial charge in [0, 0.05) is 22.5 Å². The number of hydrogen-bond donors (Lipinski definition) is 2. The van der Waals surface area contributed by atoms with E-state index < -0.39 is 35.6 Å². The second-order valence-corrected chi connectivity index (χ2v) is 6.73. The van der Waals surface area contributed by atoms with Crippen LogP contribution in [0.2, 0.25) is 0 Å². The van der Waals surface area contributed by atoms with Gasteiger partial charge in [0.2, 0.25) is 5.91 Å². The predicted molar refractivity (Wildman–Crippen MR) is 93.4 cm³/mol. The van der Waals surface area contributed by atoms with E-state index in [4.69, 9.17) is 4.74 Å². The summed E-state index contributed by atoms with van der Waals surface area (Å²) in [4.78, 5) is 24.0. The third kappa shape index (κ3) is 4.01. The molecule has 8 heteroatoms. The van der Waals surface area contributed by atoms with Crippen molar-refractivity contribution in [2.24, 2.45) is 0 Å². The number of alkyl carbamates (subject to hydrolysis) is 1. The molecule has 1 fully saturated rings. The average molecular weight is 425 g/mol. The minimum atomic E-state index is -1.12. The fourth-order valence-electron chi connectivity index (χ4n) is 2.86. The highest BCUT2D eigenvalue weighted by Crippen LogP contribution is 2.30. The number of carbonyl (C=O) groups is 2. The molecular weight excluding hydrogens is 410 g/mol. The lowest BCUT2D eigenvalue weighted by atomic mass is 9.93. The minimum Gasteiger partial charge on any atom is -0.445 e. The molecule has 0 spiro atoms. The number of carbonyl (C=O) groups excluding carboxylic acids is 2. The normalized spacial score (nSPS) is 19.1. The summed E-state index contributed by atoms with van der Waals surface area (Å²) in [7, 11) is 0. The minimum absolute atomic E-state index is 0.0118. The van der Waals surface area contributed by atoms with Crippen molar-refractivity contribution in [2.75, 3.05) is 6.54 Å². The lowest BCUT2D eigenvalue weighted by molar-refractivity contribution is -0.120. The van der Waals surface area contributed by atoms with Crippen molar-refractivity contribution in [2.45, 2.75) is 18.6 Å². The lowest BCUT2D eigenvalue weighted by Gasteiger charge is -2.19. The summed E-state index contributed by atoms with van der Waals surface area (Å²) < 4.78 is 33.8. The van der Waals surface area contributed by atoms with Crippen molar-refractivity contribution in [3.05, 3.63) is 69.7 Å². The van der Waals surface area contributed by atoms with Crippen LogP contribution in [0.25, 0.3) is 0 Å². The molecule has 0 radical (unpaired) electrons. The first kappa shape index (κ1) is 18.3. The topological polar surface area (TPSA) is 67.4 Å². The Morgan fingerprint density at radius 3 is 2.54 bits per heavy atom. The van der Waals surface area contributed by atoms with Crippen LogP contribution in [0, 0.1) is 11.6 Å². The number of hydrogen-bond acceptors (Lipinski definition) is 3. The van der Waals surface area contributed by atoms with Crippen molar-refractivity contribution in [1.29, 1.82) is 0 Å². The lowest BCUT2D eigenvalue weighted by Crippen LogP contribution is -2.43. The Labute approximate surface area is 156 Å². The van der Waals surface area contributed by atoms with Crippen LogP contribution in [0.1, 0.15) is 17.0 Å². The molecule has 2 amide bonds. The largest absolute Gasteiger partial charge is 0.445 e. The van der Waals surface area contributed by atoms with E-state index in [0.717, 1.165) is 17.7 Å². The van der Waals surface area contributed by atoms with Gasteiger partial charge in [0.05, 0.1) is 0 Å². The molecule has 26 heavy (non-hydrogen) atoms. The third-order valence-corrected chi connectivity index (χ3v) is 4.54. The number of halogens is 3. The van der Waals surface area contributed by atoms with Crippen LogP contribution in [0.5, 0.6) is 0 Å². The zero-order chi connectivity index (χ0) is 18.7. The number of ether oxygens (including phenoxy) is 1. The van der Waals surface area contributed by atoms with Crippen LogP contribution in [-0.4, -0.2) is 24.6 Å². The quantitative estimate of drug-likeness (QED) is 0.791. The molecule has 1 saturated heterocycles. The molecule has 0 aromatic heterocycles. The number of benzene rings is 2. The molecule has 1 aliphatic rings. The molecule has 0 unspecified atom stereocenters. The van der Waals surface area contributed by atoms with Crippen LogP contribution in [0.4, 0.5) is 13.6 Å².